The van der Waals surface area contributed by atoms with Gasteiger partial charge in [0.15, 0.2) is 0 Å². The molecular formula is C22H25ClN2O. The van der Waals surface area contributed by atoms with Crippen LogP contribution in [-0.4, -0.2) is 29.4 Å². The van der Waals surface area contributed by atoms with Crippen molar-refractivity contribution < 1.29 is 4.79 Å². The van der Waals surface area contributed by atoms with Crippen molar-refractivity contribution in [2.75, 3.05) is 7.05 Å². The fourth-order valence-corrected chi connectivity index (χ4v) is 5.30. The van der Waals surface area contributed by atoms with E-state index in [4.69, 9.17) is 11.6 Å². The molecule has 2 aromatic rings. The summed E-state index contributed by atoms with van der Waals surface area (Å²) >= 11 is 6.35. The van der Waals surface area contributed by atoms with Crippen LogP contribution in [0.5, 0.6) is 0 Å². The van der Waals surface area contributed by atoms with Crippen molar-refractivity contribution in [2.24, 2.45) is 0 Å². The maximum atomic E-state index is 13.2. The molecule has 1 amide bonds. The fourth-order valence-electron chi connectivity index (χ4n) is 4.99. The molecule has 2 aliphatic heterocycles. The van der Waals surface area contributed by atoms with Crippen molar-refractivity contribution in [1.82, 2.24) is 10.2 Å². The average Bonchev–Trinajstić information content (AvgIpc) is 3.13. The van der Waals surface area contributed by atoms with E-state index in [9.17, 15) is 4.79 Å². The van der Waals surface area contributed by atoms with Crippen LogP contribution in [0.1, 0.15) is 53.2 Å². The Morgan fingerprint density at radius 1 is 1.15 bits per heavy atom. The first-order valence-electron chi connectivity index (χ1n) is 9.37. The number of fused-ring (bicyclic) bond motifs is 2. The van der Waals surface area contributed by atoms with Gasteiger partial charge in [0.25, 0.3) is 5.91 Å². The summed E-state index contributed by atoms with van der Waals surface area (Å²) in [7, 11) is 2.22. The molecule has 2 saturated heterocycles. The summed E-state index contributed by atoms with van der Waals surface area (Å²) in [6.45, 7) is 1.93. The van der Waals surface area contributed by atoms with E-state index in [0.29, 0.717) is 16.6 Å². The summed E-state index contributed by atoms with van der Waals surface area (Å²) in [4.78, 5) is 15.7. The van der Waals surface area contributed by atoms with Crippen LogP contribution in [0, 0.1) is 6.92 Å². The van der Waals surface area contributed by atoms with Crippen LogP contribution in [-0.2, 0) is 0 Å². The highest BCUT2D eigenvalue weighted by molar-refractivity contribution is 6.34. The maximum absolute atomic E-state index is 13.2. The normalized spacial score (nSPS) is 26.0. The van der Waals surface area contributed by atoms with Gasteiger partial charge in [-0.3, -0.25) is 9.69 Å². The quantitative estimate of drug-likeness (QED) is 0.844. The van der Waals surface area contributed by atoms with Crippen LogP contribution in [0.3, 0.4) is 0 Å². The molecule has 2 bridgehead atoms. The number of aryl methyl sites for hydroxylation is 1. The minimum atomic E-state index is -0.0833. The van der Waals surface area contributed by atoms with E-state index in [0.717, 1.165) is 18.4 Å². The van der Waals surface area contributed by atoms with Crippen molar-refractivity contribution in [3.8, 4) is 0 Å². The van der Waals surface area contributed by atoms with Crippen LogP contribution in [0.4, 0.5) is 0 Å². The van der Waals surface area contributed by atoms with Crippen LogP contribution in [0.15, 0.2) is 48.5 Å². The number of likely N-dealkylation sites (N-methyl/N-ethyl adjacent to an activating group) is 1. The molecule has 4 heteroatoms. The molecule has 0 aliphatic carbocycles. The monoisotopic (exact) mass is 368 g/mol. The minimum absolute atomic E-state index is 0.00313. The molecule has 4 rings (SSSR count). The molecule has 2 aromatic carbocycles. The predicted octanol–water partition coefficient (Wildman–Crippen LogP) is 4.75. The standard InChI is InChI=1S/C22H25ClN2O/c1-15-7-6-10-18(23)19(15)21(26)24-20(16-8-4-3-5-9-16)22-13-11-17(12-14-22)25(22)2/h3-10,17,20H,11-14H2,1-2H3,(H,24,26). The topological polar surface area (TPSA) is 32.3 Å². The van der Waals surface area contributed by atoms with Crippen LogP contribution in [0.25, 0.3) is 0 Å². The number of nitrogens with zero attached hydrogens (tertiary/aromatic N) is 1. The summed E-state index contributed by atoms with van der Waals surface area (Å²) in [5.74, 6) is -0.0833. The Morgan fingerprint density at radius 2 is 1.85 bits per heavy atom. The Kier molecular flexibility index (Phi) is 4.54. The van der Waals surface area contributed by atoms with Gasteiger partial charge in [0.2, 0.25) is 0 Å². The van der Waals surface area contributed by atoms with E-state index >= 15 is 0 Å². The molecule has 0 spiro atoms. The number of hydrogen-bond acceptors (Lipinski definition) is 2. The van der Waals surface area contributed by atoms with E-state index < -0.39 is 0 Å². The van der Waals surface area contributed by atoms with Gasteiger partial charge < -0.3 is 5.32 Å². The number of amides is 1. The highest BCUT2D eigenvalue weighted by atomic mass is 35.5. The van der Waals surface area contributed by atoms with Gasteiger partial charge in [-0.05, 0) is 56.8 Å². The summed E-state index contributed by atoms with van der Waals surface area (Å²) in [6, 6.07) is 16.6. The molecule has 1 atom stereocenters. The van der Waals surface area contributed by atoms with Crippen LogP contribution in [0.2, 0.25) is 5.02 Å². The lowest BCUT2D eigenvalue weighted by Gasteiger charge is -2.41. The Balaban J connectivity index is 1.72. The van der Waals surface area contributed by atoms with Gasteiger partial charge >= 0.3 is 0 Å². The van der Waals surface area contributed by atoms with Gasteiger partial charge in [-0.25, -0.2) is 0 Å². The SMILES string of the molecule is Cc1cccc(Cl)c1C(=O)NC(c1ccccc1)C12CCC(CC1)N2C. The molecule has 0 aromatic heterocycles. The molecule has 26 heavy (non-hydrogen) atoms. The largest absolute Gasteiger partial charge is 0.343 e. The predicted molar refractivity (Wildman–Crippen MR) is 106 cm³/mol. The van der Waals surface area contributed by atoms with Crippen molar-refractivity contribution in [3.63, 3.8) is 0 Å². The second kappa shape index (κ2) is 6.71. The lowest BCUT2D eigenvalue weighted by Crippen LogP contribution is -2.51. The molecule has 1 N–H and O–H groups in total. The van der Waals surface area contributed by atoms with E-state index in [2.05, 4.69) is 29.4 Å². The molecule has 3 nitrogen and oxygen atoms in total. The zero-order chi connectivity index (χ0) is 18.3. The van der Waals surface area contributed by atoms with Crippen LogP contribution < -0.4 is 5.32 Å². The smallest absolute Gasteiger partial charge is 0.253 e. The molecule has 0 saturated carbocycles. The van der Waals surface area contributed by atoms with Crippen LogP contribution >= 0.6 is 11.6 Å². The van der Waals surface area contributed by atoms with Gasteiger partial charge in [-0.2, -0.15) is 0 Å². The molecule has 2 aliphatic rings. The number of carbonyl (C=O) groups excluding carboxylic acids is 1. The zero-order valence-corrected chi connectivity index (χ0v) is 16.1. The lowest BCUT2D eigenvalue weighted by atomic mass is 9.78. The average molecular weight is 369 g/mol. The maximum Gasteiger partial charge on any atom is 0.253 e. The Morgan fingerprint density at radius 3 is 2.42 bits per heavy atom. The lowest BCUT2D eigenvalue weighted by molar-refractivity contribution is 0.0837. The summed E-state index contributed by atoms with van der Waals surface area (Å²) in [6.07, 6.45) is 4.66. The van der Waals surface area contributed by atoms with Crippen molar-refractivity contribution in [1.29, 1.82) is 0 Å². The molecule has 0 radical (unpaired) electrons. The van der Waals surface area contributed by atoms with Gasteiger partial charge in [0, 0.05) is 11.6 Å². The summed E-state index contributed by atoms with van der Waals surface area (Å²) in [5, 5.41) is 3.87. The highest BCUT2D eigenvalue weighted by Crippen LogP contribution is 2.51. The second-order valence-electron chi connectivity index (χ2n) is 7.69. The fraction of sp³-hybridized carbons (Fsp3) is 0.409. The molecule has 2 fully saturated rings. The van der Waals surface area contributed by atoms with Gasteiger partial charge in [0.05, 0.1) is 16.6 Å². The third-order valence-corrected chi connectivity index (χ3v) is 6.78. The number of halogens is 1. The van der Waals surface area contributed by atoms with Crippen molar-refractivity contribution >= 4 is 17.5 Å². The summed E-state index contributed by atoms with van der Waals surface area (Å²) < 4.78 is 0. The molecule has 136 valence electrons. The van der Waals surface area contributed by atoms with Gasteiger partial charge in [0.1, 0.15) is 0 Å². The highest BCUT2D eigenvalue weighted by Gasteiger charge is 2.54. The first kappa shape index (κ1) is 17.6. The van der Waals surface area contributed by atoms with E-state index in [1.807, 2.05) is 37.3 Å². The Hall–Kier alpha value is -1.84. The number of rotatable bonds is 4. The van der Waals surface area contributed by atoms with Gasteiger partial charge in [-0.1, -0.05) is 54.1 Å². The number of benzene rings is 2. The number of hydrogen-bond donors (Lipinski definition) is 1. The van der Waals surface area contributed by atoms with Crippen molar-refractivity contribution in [3.05, 3.63) is 70.2 Å². The molecule has 2 heterocycles. The van der Waals surface area contributed by atoms with E-state index in [-0.39, 0.29) is 17.5 Å². The Labute approximate surface area is 160 Å². The van der Waals surface area contributed by atoms with E-state index in [1.165, 1.54) is 18.4 Å². The summed E-state index contributed by atoms with van der Waals surface area (Å²) in [5.41, 5.74) is 2.65. The first-order valence-corrected chi connectivity index (χ1v) is 9.74. The zero-order valence-electron chi connectivity index (χ0n) is 15.3. The third-order valence-electron chi connectivity index (χ3n) is 6.47. The first-order chi connectivity index (χ1) is 12.5. The number of carbonyl (C=O) groups is 1. The number of nitrogens with one attached hydrogen (secondary N) is 1. The minimum Gasteiger partial charge on any atom is -0.343 e. The van der Waals surface area contributed by atoms with Gasteiger partial charge in [-0.15, -0.1) is 0 Å². The van der Waals surface area contributed by atoms with Crippen molar-refractivity contribution in [2.45, 2.75) is 50.2 Å². The molecular weight excluding hydrogens is 344 g/mol. The van der Waals surface area contributed by atoms with E-state index in [1.54, 1.807) is 6.07 Å². The second-order valence-corrected chi connectivity index (χ2v) is 8.10. The molecule has 1 unspecified atom stereocenters. The third kappa shape index (κ3) is 2.74. The Bertz CT molecular complexity index is 792.